The first-order valence-electron chi connectivity index (χ1n) is 8.17. The average molecular weight is 354 g/mol. The van der Waals surface area contributed by atoms with Crippen LogP contribution >= 0.6 is 0 Å². The van der Waals surface area contributed by atoms with Crippen LogP contribution in [0.25, 0.3) is 0 Å². The van der Waals surface area contributed by atoms with Crippen molar-refractivity contribution in [3.8, 4) is 0 Å². The number of fused-ring (bicyclic) bond motifs is 1. The van der Waals surface area contributed by atoms with E-state index >= 15 is 0 Å². The molecule has 1 atom stereocenters. The molecule has 1 aromatic heterocycles. The highest BCUT2D eigenvalue weighted by atomic mass is 19.1. The molecule has 132 valence electrons. The molecule has 0 bridgehead atoms. The number of anilines is 1. The second kappa shape index (κ2) is 6.29. The van der Waals surface area contributed by atoms with Crippen LogP contribution < -0.4 is 4.90 Å². The summed E-state index contributed by atoms with van der Waals surface area (Å²) in [6.45, 7) is 0.100. The van der Waals surface area contributed by atoms with E-state index in [0.717, 1.165) is 0 Å². The van der Waals surface area contributed by atoms with Gasteiger partial charge in [-0.2, -0.15) is 0 Å². The first kappa shape index (κ1) is 16.3. The van der Waals surface area contributed by atoms with E-state index in [0.29, 0.717) is 17.0 Å². The maximum absolute atomic E-state index is 14.5. The largest absolute Gasteiger partial charge is 0.467 e. The number of carbonyl (C=O) groups excluding carboxylic acids is 1. The van der Waals surface area contributed by atoms with E-state index in [1.165, 1.54) is 29.4 Å². The Labute approximate surface area is 149 Å². The minimum Gasteiger partial charge on any atom is -0.467 e. The highest BCUT2D eigenvalue weighted by Gasteiger charge is 2.39. The van der Waals surface area contributed by atoms with Crippen LogP contribution in [0.3, 0.4) is 0 Å². The molecule has 0 spiro atoms. The van der Waals surface area contributed by atoms with Crippen LogP contribution in [0.2, 0.25) is 0 Å². The Morgan fingerprint density at radius 1 is 1.00 bits per heavy atom. The third kappa shape index (κ3) is 2.54. The van der Waals surface area contributed by atoms with Gasteiger partial charge in [-0.25, -0.2) is 8.78 Å². The Bertz CT molecular complexity index is 936. The summed E-state index contributed by atoms with van der Waals surface area (Å²) in [5.41, 5.74) is 0.944. The SMILES string of the molecule is CN1c2ccccc2C(=O)N(Cc2ccco2)[C@H]1c1c(F)cccc1F. The van der Waals surface area contributed by atoms with Gasteiger partial charge >= 0.3 is 0 Å². The molecular weight excluding hydrogens is 338 g/mol. The minimum absolute atomic E-state index is 0.100. The van der Waals surface area contributed by atoms with Crippen molar-refractivity contribution in [2.24, 2.45) is 0 Å². The van der Waals surface area contributed by atoms with Gasteiger partial charge < -0.3 is 14.2 Å². The van der Waals surface area contributed by atoms with Crippen LogP contribution in [0.1, 0.15) is 27.8 Å². The van der Waals surface area contributed by atoms with Gasteiger partial charge in [0.15, 0.2) is 0 Å². The number of carbonyl (C=O) groups is 1. The maximum atomic E-state index is 14.5. The van der Waals surface area contributed by atoms with Gasteiger partial charge in [0.25, 0.3) is 5.91 Å². The predicted octanol–water partition coefficient (Wildman–Crippen LogP) is 4.35. The van der Waals surface area contributed by atoms with E-state index in [2.05, 4.69) is 0 Å². The van der Waals surface area contributed by atoms with E-state index in [-0.39, 0.29) is 18.0 Å². The molecule has 2 aromatic carbocycles. The van der Waals surface area contributed by atoms with Crippen LogP contribution in [0.4, 0.5) is 14.5 Å². The summed E-state index contributed by atoms with van der Waals surface area (Å²) in [5.74, 6) is -1.16. The summed E-state index contributed by atoms with van der Waals surface area (Å²) in [4.78, 5) is 16.2. The first-order chi connectivity index (χ1) is 12.6. The smallest absolute Gasteiger partial charge is 0.258 e. The molecule has 4 rings (SSSR count). The minimum atomic E-state index is -0.927. The van der Waals surface area contributed by atoms with E-state index < -0.39 is 17.8 Å². The molecule has 0 radical (unpaired) electrons. The predicted molar refractivity (Wildman–Crippen MR) is 92.5 cm³/mol. The fourth-order valence-electron chi connectivity index (χ4n) is 3.40. The van der Waals surface area contributed by atoms with Crippen LogP contribution in [-0.2, 0) is 6.54 Å². The Hall–Kier alpha value is -3.15. The Balaban J connectivity index is 1.89. The summed E-state index contributed by atoms with van der Waals surface area (Å²) in [6.07, 6.45) is 0.573. The highest BCUT2D eigenvalue weighted by Crippen LogP contribution is 2.40. The van der Waals surface area contributed by atoms with Crippen LogP contribution in [-0.4, -0.2) is 17.9 Å². The number of nitrogens with zero attached hydrogens (tertiary/aromatic N) is 2. The third-order valence-corrected chi connectivity index (χ3v) is 4.60. The monoisotopic (exact) mass is 354 g/mol. The Morgan fingerprint density at radius 3 is 2.42 bits per heavy atom. The molecule has 3 aromatic rings. The van der Waals surface area contributed by atoms with Gasteiger partial charge in [-0.05, 0) is 36.4 Å². The fourth-order valence-corrected chi connectivity index (χ4v) is 3.40. The summed E-state index contributed by atoms with van der Waals surface area (Å²) in [5, 5.41) is 0. The second-order valence-corrected chi connectivity index (χ2v) is 6.15. The van der Waals surface area contributed by atoms with Gasteiger partial charge in [0, 0.05) is 7.05 Å². The highest BCUT2D eigenvalue weighted by molar-refractivity contribution is 6.02. The molecule has 0 aliphatic carbocycles. The molecule has 0 N–H and O–H groups in total. The molecule has 0 fully saturated rings. The number of amides is 1. The van der Waals surface area contributed by atoms with Crippen molar-refractivity contribution < 1.29 is 18.0 Å². The standard InChI is InChI=1S/C20H16F2N2O2/c1-23-17-10-3-2-7-14(17)20(25)24(12-13-6-5-11-26-13)19(23)18-15(21)8-4-9-16(18)22/h2-11,19H,12H2,1H3/t19-/m0/s1. The van der Waals surface area contributed by atoms with Crippen LogP contribution in [0.5, 0.6) is 0 Å². The summed E-state index contributed by atoms with van der Waals surface area (Å²) in [6, 6.07) is 14.2. The van der Waals surface area contributed by atoms with Gasteiger partial charge in [0.1, 0.15) is 23.6 Å². The molecule has 0 saturated carbocycles. The van der Waals surface area contributed by atoms with E-state index in [4.69, 9.17) is 4.42 Å². The average Bonchev–Trinajstić information content (AvgIpc) is 3.15. The van der Waals surface area contributed by atoms with Crippen molar-refractivity contribution in [1.82, 2.24) is 4.90 Å². The molecule has 1 amide bonds. The van der Waals surface area contributed by atoms with Crippen molar-refractivity contribution >= 4 is 11.6 Å². The summed E-state index contributed by atoms with van der Waals surface area (Å²) < 4.78 is 34.4. The van der Waals surface area contributed by atoms with Gasteiger partial charge in [0.2, 0.25) is 0 Å². The zero-order valence-electron chi connectivity index (χ0n) is 14.0. The molecule has 1 aliphatic rings. The molecule has 1 aliphatic heterocycles. The summed E-state index contributed by atoms with van der Waals surface area (Å²) in [7, 11) is 1.72. The second-order valence-electron chi connectivity index (χ2n) is 6.15. The normalized spacial score (nSPS) is 16.7. The van der Waals surface area contributed by atoms with E-state index in [9.17, 15) is 13.6 Å². The van der Waals surface area contributed by atoms with Crippen molar-refractivity contribution in [2.75, 3.05) is 11.9 Å². The quantitative estimate of drug-likeness (QED) is 0.702. The van der Waals surface area contributed by atoms with Crippen LogP contribution in [0, 0.1) is 11.6 Å². The fraction of sp³-hybridized carbons (Fsp3) is 0.150. The zero-order valence-corrected chi connectivity index (χ0v) is 14.0. The number of furan rings is 1. The van der Waals surface area contributed by atoms with Crippen molar-refractivity contribution in [2.45, 2.75) is 12.7 Å². The van der Waals surface area contributed by atoms with Crippen molar-refractivity contribution in [3.05, 3.63) is 89.4 Å². The lowest BCUT2D eigenvalue weighted by Crippen LogP contribution is -2.48. The molecule has 0 unspecified atom stereocenters. The molecule has 2 heterocycles. The lowest BCUT2D eigenvalue weighted by Gasteiger charge is -2.43. The molecular formula is C20H16F2N2O2. The van der Waals surface area contributed by atoms with Crippen molar-refractivity contribution in [3.63, 3.8) is 0 Å². The number of halogens is 2. The number of rotatable bonds is 3. The third-order valence-electron chi connectivity index (χ3n) is 4.60. The number of para-hydroxylation sites is 1. The van der Waals surface area contributed by atoms with Gasteiger partial charge in [0.05, 0.1) is 29.6 Å². The van der Waals surface area contributed by atoms with Gasteiger partial charge in [-0.15, -0.1) is 0 Å². The molecule has 6 heteroatoms. The first-order valence-corrected chi connectivity index (χ1v) is 8.17. The number of hydrogen-bond donors (Lipinski definition) is 0. The van der Waals surface area contributed by atoms with Crippen LogP contribution in [0.15, 0.2) is 65.3 Å². The van der Waals surface area contributed by atoms with Gasteiger partial charge in [-0.1, -0.05) is 18.2 Å². The Kier molecular flexibility index (Phi) is 3.95. The summed E-state index contributed by atoms with van der Waals surface area (Å²) >= 11 is 0. The molecule has 26 heavy (non-hydrogen) atoms. The van der Waals surface area contributed by atoms with E-state index in [1.54, 1.807) is 48.3 Å². The molecule has 4 nitrogen and oxygen atoms in total. The number of benzene rings is 2. The van der Waals surface area contributed by atoms with Gasteiger partial charge in [-0.3, -0.25) is 4.79 Å². The number of hydrogen-bond acceptors (Lipinski definition) is 3. The van der Waals surface area contributed by atoms with E-state index in [1.807, 2.05) is 0 Å². The maximum Gasteiger partial charge on any atom is 0.258 e. The topological polar surface area (TPSA) is 36.7 Å². The zero-order chi connectivity index (χ0) is 18.3. The Morgan fingerprint density at radius 2 is 1.73 bits per heavy atom. The lowest BCUT2D eigenvalue weighted by molar-refractivity contribution is 0.0611. The lowest BCUT2D eigenvalue weighted by atomic mass is 10.0. The van der Waals surface area contributed by atoms with Crippen molar-refractivity contribution in [1.29, 1.82) is 0 Å². The molecule has 0 saturated heterocycles.